The molecule has 4 heterocycles. The van der Waals surface area contributed by atoms with Gasteiger partial charge in [-0.1, -0.05) is 11.6 Å². The Morgan fingerprint density at radius 3 is 2.76 bits per heavy atom. The molecule has 0 bridgehead atoms. The van der Waals surface area contributed by atoms with Crippen LogP contribution in [-0.4, -0.2) is 31.0 Å². The number of aromatic nitrogens is 5. The molecule has 0 radical (unpaired) electrons. The van der Waals surface area contributed by atoms with Gasteiger partial charge in [-0.2, -0.15) is 14.7 Å². The first-order valence-electron chi connectivity index (χ1n) is 10.8. The van der Waals surface area contributed by atoms with Gasteiger partial charge in [0.25, 0.3) is 5.56 Å². The number of benzene rings is 1. The molecule has 33 heavy (non-hydrogen) atoms. The van der Waals surface area contributed by atoms with E-state index in [1.165, 1.54) is 10.6 Å². The Hall–Kier alpha value is -3.10. The maximum atomic E-state index is 15.0. The highest BCUT2D eigenvalue weighted by atomic mass is 35.5. The van der Waals surface area contributed by atoms with E-state index in [9.17, 15) is 9.18 Å². The monoisotopic (exact) mass is 467 g/mol. The summed E-state index contributed by atoms with van der Waals surface area (Å²) < 4.78 is 24.0. The lowest BCUT2D eigenvalue weighted by atomic mass is 9.89. The molecule has 0 amide bonds. The van der Waals surface area contributed by atoms with Crippen molar-refractivity contribution in [1.29, 1.82) is 0 Å². The maximum Gasteiger partial charge on any atom is 0.277 e. The smallest absolute Gasteiger partial charge is 0.277 e. The second-order valence-electron chi connectivity index (χ2n) is 8.50. The fourth-order valence-corrected chi connectivity index (χ4v) is 4.49. The minimum atomic E-state index is -0.478. The van der Waals surface area contributed by atoms with Crippen molar-refractivity contribution in [3.63, 3.8) is 0 Å². The van der Waals surface area contributed by atoms with E-state index in [1.807, 2.05) is 19.3 Å². The van der Waals surface area contributed by atoms with E-state index in [0.29, 0.717) is 51.8 Å². The number of halogens is 2. The Labute approximate surface area is 194 Å². The Balaban J connectivity index is 1.67. The van der Waals surface area contributed by atoms with Crippen molar-refractivity contribution in [2.24, 2.45) is 7.05 Å². The molecule has 0 N–H and O–H groups in total. The van der Waals surface area contributed by atoms with Crippen molar-refractivity contribution >= 4 is 17.2 Å². The van der Waals surface area contributed by atoms with Crippen LogP contribution in [0.1, 0.15) is 47.4 Å². The number of fused-ring (bicyclic) bond motifs is 1. The summed E-state index contributed by atoms with van der Waals surface area (Å²) in [6.07, 6.45) is 5.04. The lowest BCUT2D eigenvalue weighted by molar-refractivity contribution is 0.00445. The summed E-state index contributed by atoms with van der Waals surface area (Å²) in [5, 5.41) is 9.23. The first kappa shape index (κ1) is 21.7. The van der Waals surface area contributed by atoms with E-state index in [1.54, 1.807) is 36.9 Å². The number of aryl methyl sites for hydroxylation is 2. The molecule has 0 aliphatic carbocycles. The average Bonchev–Trinajstić information content (AvgIpc) is 3.24. The summed E-state index contributed by atoms with van der Waals surface area (Å²) in [4.78, 5) is 17.7. The average molecular weight is 468 g/mol. The van der Waals surface area contributed by atoms with Crippen LogP contribution in [0.4, 0.5) is 4.39 Å². The summed E-state index contributed by atoms with van der Waals surface area (Å²) in [6.45, 7) is 4.04. The predicted molar refractivity (Wildman–Crippen MR) is 123 cm³/mol. The standard InChI is InChI=1S/C24H23ClFN5O2/c1-13-14(2)28-23-19(18-5-4-17(25)9-20(18)26)10-21(29-31(23)24(13)32)15-6-7-33-22(8-15)16-11-27-30(3)12-16/h4-5,9-12,15,22H,6-8H2,1-3H3. The summed E-state index contributed by atoms with van der Waals surface area (Å²) >= 11 is 5.98. The van der Waals surface area contributed by atoms with Crippen LogP contribution >= 0.6 is 11.6 Å². The first-order valence-corrected chi connectivity index (χ1v) is 11.2. The van der Waals surface area contributed by atoms with Crippen molar-refractivity contribution in [2.45, 2.75) is 38.7 Å². The van der Waals surface area contributed by atoms with Crippen molar-refractivity contribution in [1.82, 2.24) is 24.4 Å². The Bertz CT molecular complexity index is 1430. The van der Waals surface area contributed by atoms with E-state index in [2.05, 4.69) is 15.2 Å². The van der Waals surface area contributed by atoms with Gasteiger partial charge in [0, 0.05) is 58.7 Å². The lowest BCUT2D eigenvalue weighted by Gasteiger charge is -2.29. The predicted octanol–water partition coefficient (Wildman–Crippen LogP) is 4.53. The van der Waals surface area contributed by atoms with Gasteiger partial charge in [0.05, 0.1) is 18.0 Å². The third-order valence-corrected chi connectivity index (χ3v) is 6.53. The molecule has 170 valence electrons. The summed E-state index contributed by atoms with van der Waals surface area (Å²) in [7, 11) is 1.87. The van der Waals surface area contributed by atoms with E-state index < -0.39 is 5.82 Å². The van der Waals surface area contributed by atoms with Gasteiger partial charge in [-0.15, -0.1) is 0 Å². The van der Waals surface area contributed by atoms with E-state index in [-0.39, 0.29) is 17.6 Å². The van der Waals surface area contributed by atoms with Crippen LogP contribution in [0, 0.1) is 19.7 Å². The minimum Gasteiger partial charge on any atom is -0.373 e. The van der Waals surface area contributed by atoms with Gasteiger partial charge in [0.2, 0.25) is 0 Å². The zero-order valence-electron chi connectivity index (χ0n) is 18.5. The van der Waals surface area contributed by atoms with E-state index in [4.69, 9.17) is 16.3 Å². The van der Waals surface area contributed by atoms with Crippen molar-refractivity contribution in [2.75, 3.05) is 6.61 Å². The fourth-order valence-electron chi connectivity index (χ4n) is 4.33. The Morgan fingerprint density at radius 2 is 2.03 bits per heavy atom. The van der Waals surface area contributed by atoms with Gasteiger partial charge in [0.15, 0.2) is 5.65 Å². The maximum absolute atomic E-state index is 15.0. The molecule has 2 unspecified atom stereocenters. The van der Waals surface area contributed by atoms with Gasteiger partial charge in [0.1, 0.15) is 5.82 Å². The van der Waals surface area contributed by atoms with Crippen LogP contribution < -0.4 is 5.56 Å². The number of ether oxygens (including phenoxy) is 1. The molecule has 1 aromatic carbocycles. The molecule has 9 heteroatoms. The zero-order valence-corrected chi connectivity index (χ0v) is 19.3. The molecule has 3 aromatic heterocycles. The Kier molecular flexibility index (Phi) is 5.50. The van der Waals surface area contributed by atoms with Gasteiger partial charge < -0.3 is 4.74 Å². The molecule has 5 rings (SSSR count). The molecular weight excluding hydrogens is 445 g/mol. The van der Waals surface area contributed by atoms with Gasteiger partial charge in [-0.05, 0) is 51.0 Å². The van der Waals surface area contributed by atoms with Crippen LogP contribution in [0.2, 0.25) is 5.02 Å². The highest BCUT2D eigenvalue weighted by Gasteiger charge is 2.28. The zero-order chi connectivity index (χ0) is 23.3. The highest BCUT2D eigenvalue weighted by Crippen LogP contribution is 2.38. The molecule has 0 saturated carbocycles. The molecule has 1 saturated heterocycles. The minimum absolute atomic E-state index is 0.0241. The van der Waals surface area contributed by atoms with E-state index in [0.717, 1.165) is 12.0 Å². The molecular formula is C24H23ClFN5O2. The van der Waals surface area contributed by atoms with Crippen LogP contribution in [0.3, 0.4) is 0 Å². The summed E-state index contributed by atoms with van der Waals surface area (Å²) in [6, 6.07) is 6.35. The molecule has 4 aromatic rings. The number of rotatable bonds is 3. The highest BCUT2D eigenvalue weighted by molar-refractivity contribution is 6.30. The topological polar surface area (TPSA) is 74.3 Å². The van der Waals surface area contributed by atoms with E-state index >= 15 is 0 Å². The van der Waals surface area contributed by atoms with Crippen LogP contribution in [0.25, 0.3) is 16.8 Å². The lowest BCUT2D eigenvalue weighted by Crippen LogP contribution is -2.25. The third-order valence-electron chi connectivity index (χ3n) is 6.30. The molecule has 1 aliphatic rings. The van der Waals surface area contributed by atoms with Gasteiger partial charge >= 0.3 is 0 Å². The molecule has 1 fully saturated rings. The second kappa shape index (κ2) is 8.35. The number of hydrogen-bond donors (Lipinski definition) is 0. The third kappa shape index (κ3) is 3.94. The molecule has 7 nitrogen and oxygen atoms in total. The van der Waals surface area contributed by atoms with Crippen LogP contribution in [0.5, 0.6) is 0 Å². The van der Waals surface area contributed by atoms with Crippen LogP contribution in [-0.2, 0) is 11.8 Å². The second-order valence-corrected chi connectivity index (χ2v) is 8.93. The van der Waals surface area contributed by atoms with Crippen molar-refractivity contribution in [3.05, 3.63) is 80.4 Å². The van der Waals surface area contributed by atoms with Crippen molar-refractivity contribution < 1.29 is 9.13 Å². The molecule has 2 atom stereocenters. The SMILES string of the molecule is Cc1nc2c(-c3ccc(Cl)cc3F)cc(C3CCOC(c4cnn(C)c4)C3)nn2c(=O)c1C. The molecule has 0 spiro atoms. The Morgan fingerprint density at radius 1 is 1.21 bits per heavy atom. The van der Waals surface area contributed by atoms with Crippen molar-refractivity contribution in [3.8, 4) is 11.1 Å². The molecule has 1 aliphatic heterocycles. The number of nitrogens with zero attached hydrogens (tertiary/aromatic N) is 5. The van der Waals surface area contributed by atoms with Gasteiger partial charge in [-0.25, -0.2) is 9.37 Å². The van der Waals surface area contributed by atoms with Gasteiger partial charge in [-0.3, -0.25) is 9.48 Å². The largest absolute Gasteiger partial charge is 0.373 e. The quantitative estimate of drug-likeness (QED) is 0.442. The normalized spacial score (nSPS) is 18.7. The fraction of sp³-hybridized carbons (Fsp3) is 0.333. The summed E-state index contributed by atoms with van der Waals surface area (Å²) in [5.41, 5.74) is 3.71. The number of hydrogen-bond acceptors (Lipinski definition) is 5. The first-order chi connectivity index (χ1) is 15.8. The summed E-state index contributed by atoms with van der Waals surface area (Å²) in [5.74, 6) is -0.454. The van der Waals surface area contributed by atoms with Crippen LogP contribution in [0.15, 0.2) is 41.5 Å².